The minimum atomic E-state index is -3.69. The van der Waals surface area contributed by atoms with Gasteiger partial charge in [0.05, 0.1) is 0 Å². The van der Waals surface area contributed by atoms with Crippen LogP contribution in [0.25, 0.3) is 0 Å². The van der Waals surface area contributed by atoms with E-state index in [1.807, 2.05) is 0 Å². The Balaban J connectivity index is 0. The topological polar surface area (TPSA) is 156 Å². The molecule has 8 nitrogen and oxygen atoms in total. The van der Waals surface area contributed by atoms with Gasteiger partial charge in [-0.1, -0.05) is 19.1 Å². The monoisotopic (exact) mass is 341 g/mol. The first-order chi connectivity index (χ1) is 9.54. The van der Waals surface area contributed by atoms with Gasteiger partial charge in [0.1, 0.15) is 0 Å². The average molecular weight is 341 g/mol. The van der Waals surface area contributed by atoms with E-state index in [2.05, 4.69) is 13.2 Å². The Morgan fingerprint density at radius 1 is 1.14 bits per heavy atom. The molecule has 0 saturated carbocycles. The van der Waals surface area contributed by atoms with Crippen LogP contribution >= 0.6 is 0 Å². The summed E-state index contributed by atoms with van der Waals surface area (Å²) >= 11 is -1.75. The Morgan fingerprint density at radius 2 is 1.48 bits per heavy atom. The zero-order valence-corrected chi connectivity index (χ0v) is 13.3. The summed E-state index contributed by atoms with van der Waals surface area (Å²) in [5, 5.41) is 47.5. The van der Waals surface area contributed by atoms with Crippen molar-refractivity contribution < 1.29 is 56.9 Å². The van der Waals surface area contributed by atoms with E-state index in [1.165, 1.54) is 12.2 Å². The molecule has 0 heterocycles. The Labute approximate surface area is 131 Å². The second-order valence-electron chi connectivity index (χ2n) is 4.36. The van der Waals surface area contributed by atoms with Gasteiger partial charge in [-0.2, -0.15) is 0 Å². The van der Waals surface area contributed by atoms with Gasteiger partial charge < -0.3 is 25.5 Å². The molecule has 0 spiro atoms. The number of allylic oxidation sites excluding steroid dienone is 2. The van der Waals surface area contributed by atoms with Crippen LogP contribution in [0.15, 0.2) is 25.3 Å². The van der Waals surface area contributed by atoms with E-state index in [0.717, 1.165) is 0 Å². The second kappa shape index (κ2) is 9.32. The first-order valence-corrected chi connectivity index (χ1v) is 7.24. The van der Waals surface area contributed by atoms with Gasteiger partial charge in [-0.25, -0.2) is 4.79 Å². The normalized spacial score (nSPS) is 11.7. The number of rotatable bonds is 8. The number of carbonyl (C=O) groups is 1. The van der Waals surface area contributed by atoms with Crippen molar-refractivity contribution in [2.75, 3.05) is 0 Å². The molecule has 0 aromatic heterocycles. The van der Waals surface area contributed by atoms with Crippen LogP contribution < -0.4 is 0 Å². The predicted molar refractivity (Wildman–Crippen MR) is 67.2 cm³/mol. The van der Waals surface area contributed by atoms with Crippen molar-refractivity contribution in [1.29, 1.82) is 0 Å². The van der Waals surface area contributed by atoms with E-state index < -0.39 is 42.5 Å². The van der Waals surface area contributed by atoms with E-state index in [0.29, 0.717) is 0 Å². The Hall–Kier alpha value is -0.736. The molecular formula is C12H21O8Ti. The van der Waals surface area contributed by atoms with Gasteiger partial charge in [-0.15, -0.1) is 13.2 Å². The predicted octanol–water partition coefficient (Wildman–Crippen LogP) is -0.697. The molecule has 121 valence electrons. The maximum atomic E-state index is 10.8. The molecule has 6 N–H and O–H groups in total. The molecule has 0 radical (unpaired) electrons. The number of hydrogen-bond acceptors (Lipinski definition) is 6. The summed E-state index contributed by atoms with van der Waals surface area (Å²) in [5.41, 5.74) is -1.50. The van der Waals surface area contributed by atoms with Crippen LogP contribution in [0.5, 0.6) is 0 Å². The van der Waals surface area contributed by atoms with Crippen molar-refractivity contribution >= 4 is 5.97 Å². The maximum absolute atomic E-state index is 10.8. The molecule has 0 aliphatic carbocycles. The minimum absolute atomic E-state index is 0.0152. The van der Waals surface area contributed by atoms with Gasteiger partial charge in [-0.3, -0.25) is 0 Å². The van der Waals surface area contributed by atoms with Gasteiger partial charge in [0.25, 0.3) is 0 Å². The quantitative estimate of drug-likeness (QED) is 0.192. The third kappa shape index (κ3) is 4.89. The number of aliphatic hydroxyl groups is 4. The van der Waals surface area contributed by atoms with Crippen LogP contribution in [0.1, 0.15) is 26.2 Å². The fourth-order valence-corrected chi connectivity index (χ4v) is 1.97. The summed E-state index contributed by atoms with van der Waals surface area (Å²) in [6.45, 7) is 8.47. The van der Waals surface area contributed by atoms with Crippen molar-refractivity contribution in [2.45, 2.75) is 37.8 Å². The molecule has 0 aromatic carbocycles. The van der Waals surface area contributed by atoms with Crippen LogP contribution in [0.4, 0.5) is 0 Å². The fourth-order valence-electron chi connectivity index (χ4n) is 1.97. The summed E-state index contributed by atoms with van der Waals surface area (Å²) in [7, 11) is 0. The SMILES string of the molecule is C=CCC(CC)(CC=C)C(O)(O)C(O)(O)C(=O)O.[O]=[Ti][OH]. The summed E-state index contributed by atoms with van der Waals surface area (Å²) < 4.78 is 15.8. The van der Waals surface area contributed by atoms with Crippen LogP contribution in [0, 0.1) is 5.41 Å². The van der Waals surface area contributed by atoms with E-state index in [-0.39, 0.29) is 19.3 Å². The third-order valence-corrected chi connectivity index (χ3v) is 3.27. The third-order valence-electron chi connectivity index (χ3n) is 3.27. The Kier molecular flexibility index (Phi) is 10.0. The number of carboxylic acid groups (broad SMARTS) is 1. The van der Waals surface area contributed by atoms with Gasteiger partial charge in [0, 0.05) is 5.41 Å². The molecule has 0 rings (SSSR count). The van der Waals surface area contributed by atoms with Crippen LogP contribution in [0.3, 0.4) is 0 Å². The zero-order valence-electron chi connectivity index (χ0n) is 11.7. The Bertz CT molecular complexity index is 367. The first kappa shape index (κ1) is 22.5. The van der Waals surface area contributed by atoms with Crippen molar-refractivity contribution in [2.24, 2.45) is 5.41 Å². The molecule has 0 fully saturated rings. The van der Waals surface area contributed by atoms with Crippen molar-refractivity contribution in [3.05, 3.63) is 25.3 Å². The fraction of sp³-hybridized carbons (Fsp3) is 0.583. The zero-order chi connectivity index (χ0) is 17.3. The van der Waals surface area contributed by atoms with Crippen molar-refractivity contribution in [1.82, 2.24) is 0 Å². The summed E-state index contributed by atoms with van der Waals surface area (Å²) in [6, 6.07) is 0. The molecule has 0 aliphatic rings. The van der Waals surface area contributed by atoms with Gasteiger partial charge in [-0.05, 0) is 19.3 Å². The molecule has 0 saturated heterocycles. The van der Waals surface area contributed by atoms with Gasteiger partial charge in [0.15, 0.2) is 0 Å². The van der Waals surface area contributed by atoms with Crippen molar-refractivity contribution in [3.8, 4) is 0 Å². The number of carboxylic acids is 1. The van der Waals surface area contributed by atoms with Gasteiger partial charge >= 0.3 is 38.3 Å². The molecule has 0 amide bonds. The summed E-state index contributed by atoms with van der Waals surface area (Å²) in [6.07, 6.45) is 2.77. The average Bonchev–Trinajstić information content (AvgIpc) is 2.38. The molecule has 0 aliphatic heterocycles. The standard InChI is InChI=1S/C12H20O6.H2O.O.Ti/c1-4-7-10(6-3,8-5-2)12(17,18)11(15,16)9(13)14;;;/h4-5,15-18H,1-2,6-8H2,3H3,(H,13,14);1H2;;/q;;;+1/p-1. The summed E-state index contributed by atoms with van der Waals surface area (Å²) in [5.74, 6) is -9.07. The van der Waals surface area contributed by atoms with E-state index in [9.17, 15) is 25.2 Å². The van der Waals surface area contributed by atoms with Crippen molar-refractivity contribution in [3.63, 3.8) is 0 Å². The second-order valence-corrected chi connectivity index (χ2v) is 4.65. The number of hydrogen-bond donors (Lipinski definition) is 6. The van der Waals surface area contributed by atoms with Crippen LogP contribution in [-0.4, -0.2) is 46.8 Å². The molecule has 21 heavy (non-hydrogen) atoms. The first-order valence-electron chi connectivity index (χ1n) is 5.90. The molecule has 0 aromatic rings. The molecule has 0 unspecified atom stereocenters. The van der Waals surface area contributed by atoms with Crippen LogP contribution in [-0.2, 0) is 27.6 Å². The number of aliphatic carboxylic acids is 1. The van der Waals surface area contributed by atoms with Gasteiger partial charge in [0.2, 0.25) is 5.79 Å². The van der Waals surface area contributed by atoms with E-state index in [1.54, 1.807) is 6.92 Å². The van der Waals surface area contributed by atoms with E-state index in [4.69, 9.17) is 12.1 Å². The molecule has 0 atom stereocenters. The van der Waals surface area contributed by atoms with Crippen LogP contribution in [0.2, 0.25) is 0 Å². The Morgan fingerprint density at radius 3 is 1.67 bits per heavy atom. The molecule has 9 heteroatoms. The summed E-state index contributed by atoms with van der Waals surface area (Å²) in [4.78, 5) is 10.8. The van der Waals surface area contributed by atoms with E-state index >= 15 is 0 Å². The molecule has 0 bridgehead atoms. The molecular weight excluding hydrogens is 320 g/mol.